The molecule has 0 atom stereocenters. The van der Waals surface area contributed by atoms with E-state index in [0.717, 1.165) is 38.4 Å². The van der Waals surface area contributed by atoms with Gasteiger partial charge in [-0.2, -0.15) is 0 Å². The van der Waals surface area contributed by atoms with Crippen LogP contribution in [0.2, 0.25) is 0 Å². The molecule has 2 rings (SSSR count). The Bertz CT molecular complexity index is 494. The van der Waals surface area contributed by atoms with E-state index in [1.165, 1.54) is 0 Å². The molecule has 0 radical (unpaired) electrons. The Labute approximate surface area is 126 Å². The van der Waals surface area contributed by atoms with Gasteiger partial charge in [-0.1, -0.05) is 0 Å². The van der Waals surface area contributed by atoms with Gasteiger partial charge in [-0.3, -0.25) is 4.79 Å². The van der Waals surface area contributed by atoms with Crippen molar-refractivity contribution in [1.29, 1.82) is 0 Å². The van der Waals surface area contributed by atoms with Crippen LogP contribution in [0.15, 0.2) is 18.3 Å². The van der Waals surface area contributed by atoms with Crippen molar-refractivity contribution in [3.05, 3.63) is 23.9 Å². The number of likely N-dealkylation sites (tertiary alicyclic amines) is 1. The summed E-state index contributed by atoms with van der Waals surface area (Å²) in [6.07, 6.45) is 3.47. The molecule has 5 nitrogen and oxygen atoms in total. The molecule has 0 N–H and O–H groups in total. The van der Waals surface area contributed by atoms with Crippen LogP contribution in [-0.2, 0) is 4.74 Å². The van der Waals surface area contributed by atoms with Gasteiger partial charge in [-0.15, -0.1) is 0 Å². The molecule has 1 saturated heterocycles. The van der Waals surface area contributed by atoms with Crippen LogP contribution < -0.4 is 4.90 Å². The Morgan fingerprint density at radius 2 is 2.10 bits per heavy atom. The lowest BCUT2D eigenvalue weighted by Crippen LogP contribution is -2.46. The van der Waals surface area contributed by atoms with Crippen LogP contribution in [-0.4, -0.2) is 55.2 Å². The van der Waals surface area contributed by atoms with Crippen LogP contribution in [0.25, 0.3) is 0 Å². The third-order valence-electron chi connectivity index (χ3n) is 4.05. The number of hydrogen-bond acceptors (Lipinski definition) is 4. The second kappa shape index (κ2) is 6.43. The molecule has 1 fully saturated rings. The number of anilines is 1. The molecule has 5 heteroatoms. The Balaban J connectivity index is 2.03. The number of amides is 1. The maximum atomic E-state index is 12.6. The van der Waals surface area contributed by atoms with Crippen molar-refractivity contribution >= 4 is 11.7 Å². The Morgan fingerprint density at radius 1 is 1.43 bits per heavy atom. The Kier molecular flexibility index (Phi) is 4.83. The van der Waals surface area contributed by atoms with Crippen molar-refractivity contribution < 1.29 is 9.53 Å². The van der Waals surface area contributed by atoms with E-state index in [4.69, 9.17) is 4.74 Å². The van der Waals surface area contributed by atoms with E-state index in [0.29, 0.717) is 5.56 Å². The first-order chi connectivity index (χ1) is 9.95. The molecule has 1 aromatic heterocycles. The highest BCUT2D eigenvalue weighted by atomic mass is 16.5. The molecule has 0 saturated carbocycles. The highest BCUT2D eigenvalue weighted by Gasteiger charge is 2.32. The summed E-state index contributed by atoms with van der Waals surface area (Å²) in [4.78, 5) is 20.6. The standard InChI is InChI=1S/C16H25N3O2/c1-5-21-16(2)7-10-19(11-8-16)15(20)13-6-9-17-14(12-13)18(3)4/h6,9,12H,5,7-8,10-11H2,1-4H3. The average Bonchev–Trinajstić information content (AvgIpc) is 2.47. The fourth-order valence-corrected chi connectivity index (χ4v) is 2.65. The van der Waals surface area contributed by atoms with Crippen molar-refractivity contribution in [3.8, 4) is 0 Å². The lowest BCUT2D eigenvalue weighted by atomic mass is 9.93. The minimum absolute atomic E-state index is 0.0825. The minimum Gasteiger partial charge on any atom is -0.375 e. The number of carbonyl (C=O) groups excluding carboxylic acids is 1. The molecule has 0 aliphatic carbocycles. The van der Waals surface area contributed by atoms with E-state index in [2.05, 4.69) is 11.9 Å². The van der Waals surface area contributed by atoms with Crippen LogP contribution in [0.4, 0.5) is 5.82 Å². The largest absolute Gasteiger partial charge is 0.375 e. The number of piperidine rings is 1. The molecule has 0 bridgehead atoms. The summed E-state index contributed by atoms with van der Waals surface area (Å²) in [6, 6.07) is 3.63. The van der Waals surface area contributed by atoms with Gasteiger partial charge >= 0.3 is 0 Å². The zero-order valence-corrected chi connectivity index (χ0v) is 13.4. The first-order valence-corrected chi connectivity index (χ1v) is 7.52. The topological polar surface area (TPSA) is 45.7 Å². The van der Waals surface area contributed by atoms with Crippen LogP contribution in [0.3, 0.4) is 0 Å². The molecular formula is C16H25N3O2. The highest BCUT2D eigenvalue weighted by Crippen LogP contribution is 2.26. The summed E-state index contributed by atoms with van der Waals surface area (Å²) in [5, 5.41) is 0. The highest BCUT2D eigenvalue weighted by molar-refractivity contribution is 5.94. The van der Waals surface area contributed by atoms with Gasteiger partial charge in [0.1, 0.15) is 5.82 Å². The number of ether oxygens (including phenoxy) is 1. The molecule has 0 spiro atoms. The third kappa shape index (κ3) is 3.73. The van der Waals surface area contributed by atoms with Gasteiger partial charge in [0.15, 0.2) is 0 Å². The van der Waals surface area contributed by atoms with Crippen LogP contribution in [0.5, 0.6) is 0 Å². The summed E-state index contributed by atoms with van der Waals surface area (Å²) < 4.78 is 5.80. The van der Waals surface area contributed by atoms with Crippen LogP contribution in [0.1, 0.15) is 37.0 Å². The van der Waals surface area contributed by atoms with Crippen LogP contribution >= 0.6 is 0 Å². The van der Waals surface area contributed by atoms with Gasteiger partial charge < -0.3 is 14.5 Å². The van der Waals surface area contributed by atoms with Crippen LogP contribution in [0, 0.1) is 0 Å². The SMILES string of the molecule is CCOC1(C)CCN(C(=O)c2ccnc(N(C)C)c2)CC1. The molecule has 1 aliphatic heterocycles. The van der Waals surface area contributed by atoms with Crippen molar-refractivity contribution in [3.63, 3.8) is 0 Å². The predicted octanol–water partition coefficient (Wildman–Crippen LogP) is 2.18. The molecule has 1 amide bonds. The summed E-state index contributed by atoms with van der Waals surface area (Å²) in [5.74, 6) is 0.885. The lowest BCUT2D eigenvalue weighted by Gasteiger charge is -2.39. The summed E-state index contributed by atoms with van der Waals surface area (Å²) in [6.45, 7) is 6.36. The molecule has 116 valence electrons. The predicted molar refractivity (Wildman–Crippen MR) is 83.7 cm³/mol. The van der Waals surface area contributed by atoms with E-state index in [-0.39, 0.29) is 11.5 Å². The lowest BCUT2D eigenvalue weighted by molar-refractivity contribution is -0.0611. The first-order valence-electron chi connectivity index (χ1n) is 7.52. The molecule has 0 unspecified atom stereocenters. The van der Waals surface area contributed by atoms with Gasteiger partial charge in [0.05, 0.1) is 5.60 Å². The van der Waals surface area contributed by atoms with Gasteiger partial charge in [0, 0.05) is 45.6 Å². The fourth-order valence-electron chi connectivity index (χ4n) is 2.65. The number of rotatable bonds is 4. The number of nitrogens with zero attached hydrogens (tertiary/aromatic N) is 3. The quantitative estimate of drug-likeness (QED) is 0.853. The van der Waals surface area contributed by atoms with Gasteiger partial charge in [-0.25, -0.2) is 4.98 Å². The normalized spacial score (nSPS) is 17.6. The fraction of sp³-hybridized carbons (Fsp3) is 0.625. The second-order valence-corrected chi connectivity index (χ2v) is 5.97. The molecule has 21 heavy (non-hydrogen) atoms. The number of aromatic nitrogens is 1. The molecular weight excluding hydrogens is 266 g/mol. The Morgan fingerprint density at radius 3 is 2.67 bits per heavy atom. The smallest absolute Gasteiger partial charge is 0.254 e. The van der Waals surface area contributed by atoms with E-state index >= 15 is 0 Å². The number of hydrogen-bond donors (Lipinski definition) is 0. The Hall–Kier alpha value is -1.62. The maximum absolute atomic E-state index is 12.6. The molecule has 2 heterocycles. The first kappa shape index (κ1) is 15.8. The van der Waals surface area contributed by atoms with E-state index < -0.39 is 0 Å². The average molecular weight is 291 g/mol. The maximum Gasteiger partial charge on any atom is 0.254 e. The number of pyridine rings is 1. The van der Waals surface area contributed by atoms with E-state index in [9.17, 15) is 4.79 Å². The number of carbonyl (C=O) groups is 1. The van der Waals surface area contributed by atoms with E-state index in [1.54, 1.807) is 12.3 Å². The zero-order chi connectivity index (χ0) is 15.5. The molecule has 0 aromatic carbocycles. The van der Waals surface area contributed by atoms with Gasteiger partial charge in [0.2, 0.25) is 0 Å². The van der Waals surface area contributed by atoms with Crippen molar-refractivity contribution in [2.24, 2.45) is 0 Å². The molecule has 1 aromatic rings. The van der Waals surface area contributed by atoms with Gasteiger partial charge in [-0.05, 0) is 38.8 Å². The van der Waals surface area contributed by atoms with E-state index in [1.807, 2.05) is 36.9 Å². The zero-order valence-electron chi connectivity index (χ0n) is 13.4. The second-order valence-electron chi connectivity index (χ2n) is 5.97. The summed E-state index contributed by atoms with van der Waals surface area (Å²) in [7, 11) is 3.84. The molecule has 1 aliphatic rings. The third-order valence-corrected chi connectivity index (χ3v) is 4.05. The van der Waals surface area contributed by atoms with Crippen molar-refractivity contribution in [2.45, 2.75) is 32.3 Å². The monoisotopic (exact) mass is 291 g/mol. The van der Waals surface area contributed by atoms with Crippen molar-refractivity contribution in [1.82, 2.24) is 9.88 Å². The summed E-state index contributed by atoms with van der Waals surface area (Å²) in [5.41, 5.74) is 0.618. The van der Waals surface area contributed by atoms with Crippen molar-refractivity contribution in [2.75, 3.05) is 38.7 Å². The van der Waals surface area contributed by atoms with Gasteiger partial charge in [0.25, 0.3) is 5.91 Å². The summed E-state index contributed by atoms with van der Waals surface area (Å²) >= 11 is 0. The minimum atomic E-state index is -0.0848.